The van der Waals surface area contributed by atoms with Gasteiger partial charge in [0, 0.05) is 11.1 Å². The Bertz CT molecular complexity index is 892. The summed E-state index contributed by atoms with van der Waals surface area (Å²) >= 11 is 0. The largest absolute Gasteiger partial charge is 0.375 e. The van der Waals surface area contributed by atoms with Crippen molar-refractivity contribution in [2.24, 2.45) is 0 Å². The lowest BCUT2D eigenvalue weighted by Gasteiger charge is -2.22. The van der Waals surface area contributed by atoms with Crippen molar-refractivity contribution in [3.63, 3.8) is 0 Å². The number of ketones is 1. The zero-order chi connectivity index (χ0) is 18.9. The first-order valence-electron chi connectivity index (χ1n) is 8.59. The maximum absolute atomic E-state index is 12.8. The second-order valence-corrected chi connectivity index (χ2v) is 6.85. The summed E-state index contributed by atoms with van der Waals surface area (Å²) in [6.45, 7) is 4.21. The van der Waals surface area contributed by atoms with Crippen LogP contribution in [0.3, 0.4) is 0 Å². The third-order valence-electron chi connectivity index (χ3n) is 4.80. The minimum Gasteiger partial charge on any atom is -0.375 e. The number of benzene rings is 2. The van der Waals surface area contributed by atoms with Crippen molar-refractivity contribution in [3.8, 4) is 12.3 Å². The number of hydrogen-bond acceptors (Lipinski definition) is 3. The maximum atomic E-state index is 12.8. The molecule has 132 valence electrons. The van der Waals surface area contributed by atoms with Crippen LogP contribution in [-0.2, 0) is 10.4 Å². The number of para-hydroxylation sites is 1. The fourth-order valence-corrected chi connectivity index (χ4v) is 3.31. The first-order chi connectivity index (χ1) is 12.4. The molecule has 2 aromatic carbocycles. The second-order valence-electron chi connectivity index (χ2n) is 6.85. The molecule has 0 aromatic heterocycles. The molecule has 0 bridgehead atoms. The zero-order valence-electron chi connectivity index (χ0n) is 14.9. The maximum Gasteiger partial charge on any atom is 0.265 e. The predicted molar refractivity (Wildman–Crippen MR) is 101 cm³/mol. The van der Waals surface area contributed by atoms with Gasteiger partial charge in [-0.25, -0.2) is 0 Å². The van der Waals surface area contributed by atoms with Gasteiger partial charge in [0.1, 0.15) is 0 Å². The molecule has 0 fully saturated rings. The Labute approximate surface area is 153 Å². The number of anilines is 1. The number of aliphatic hydroxyl groups is 1. The molecule has 0 spiro atoms. The molecule has 1 amide bonds. The van der Waals surface area contributed by atoms with E-state index >= 15 is 0 Å². The summed E-state index contributed by atoms with van der Waals surface area (Å²) in [4.78, 5) is 26.9. The molecule has 4 nitrogen and oxygen atoms in total. The third-order valence-corrected chi connectivity index (χ3v) is 4.80. The molecule has 1 aliphatic rings. The summed E-state index contributed by atoms with van der Waals surface area (Å²) in [5, 5.41) is 11.1. The number of Topliss-reactive ketones (excluding diaryl/α,β-unsaturated/α-hetero) is 1. The lowest BCUT2D eigenvalue weighted by atomic mass is 9.87. The van der Waals surface area contributed by atoms with Gasteiger partial charge in [0.2, 0.25) is 0 Å². The van der Waals surface area contributed by atoms with Gasteiger partial charge in [0.25, 0.3) is 5.91 Å². The van der Waals surface area contributed by atoms with E-state index in [1.165, 1.54) is 4.90 Å². The Morgan fingerprint density at radius 1 is 1.19 bits per heavy atom. The summed E-state index contributed by atoms with van der Waals surface area (Å²) in [5.74, 6) is 1.96. The van der Waals surface area contributed by atoms with Gasteiger partial charge in [-0.1, -0.05) is 62.2 Å². The van der Waals surface area contributed by atoms with E-state index in [0.29, 0.717) is 22.7 Å². The number of amides is 1. The van der Waals surface area contributed by atoms with Gasteiger partial charge in [0.15, 0.2) is 11.4 Å². The number of fused-ring (bicyclic) bond motifs is 1. The number of carbonyl (C=O) groups excluding carboxylic acids is 2. The van der Waals surface area contributed by atoms with Crippen LogP contribution in [0.1, 0.15) is 47.7 Å². The van der Waals surface area contributed by atoms with E-state index in [1.54, 1.807) is 36.4 Å². The minimum atomic E-state index is -1.89. The van der Waals surface area contributed by atoms with Crippen LogP contribution >= 0.6 is 0 Å². The van der Waals surface area contributed by atoms with Crippen molar-refractivity contribution in [1.82, 2.24) is 0 Å². The molecule has 4 heteroatoms. The minimum absolute atomic E-state index is 0.0510. The molecule has 1 N–H and O–H groups in total. The summed E-state index contributed by atoms with van der Waals surface area (Å²) in [6, 6.07) is 14.2. The van der Waals surface area contributed by atoms with E-state index < -0.39 is 11.5 Å². The van der Waals surface area contributed by atoms with Crippen LogP contribution in [0.4, 0.5) is 5.69 Å². The molecule has 2 aromatic rings. The van der Waals surface area contributed by atoms with Gasteiger partial charge in [-0.2, -0.15) is 0 Å². The Balaban J connectivity index is 1.92. The van der Waals surface area contributed by atoms with Crippen molar-refractivity contribution < 1.29 is 14.7 Å². The molecule has 0 aliphatic carbocycles. The quantitative estimate of drug-likeness (QED) is 0.667. The Morgan fingerprint density at radius 2 is 1.85 bits per heavy atom. The average Bonchev–Trinajstić information content (AvgIpc) is 2.84. The van der Waals surface area contributed by atoms with Gasteiger partial charge >= 0.3 is 0 Å². The fraction of sp³-hybridized carbons (Fsp3) is 0.273. The number of nitrogens with zero attached hydrogens (tertiary/aromatic N) is 1. The van der Waals surface area contributed by atoms with Crippen LogP contribution in [0.2, 0.25) is 0 Å². The fourth-order valence-electron chi connectivity index (χ4n) is 3.31. The van der Waals surface area contributed by atoms with E-state index in [1.807, 2.05) is 12.1 Å². The SMILES string of the molecule is C#CCN1C(=O)C(O)(CC(=O)c2ccc(C(C)C)cc2)c2ccccc21. The molecule has 3 rings (SSSR count). The topological polar surface area (TPSA) is 57.6 Å². The van der Waals surface area contributed by atoms with E-state index in [9.17, 15) is 14.7 Å². The van der Waals surface area contributed by atoms with Gasteiger partial charge in [-0.05, 0) is 17.5 Å². The third kappa shape index (κ3) is 2.91. The molecular formula is C22H21NO3. The summed E-state index contributed by atoms with van der Waals surface area (Å²) in [6.07, 6.45) is 5.04. The second kappa shape index (κ2) is 6.78. The molecule has 0 radical (unpaired) electrons. The van der Waals surface area contributed by atoms with Crippen LogP contribution < -0.4 is 4.90 Å². The standard InChI is InChI=1S/C22H21NO3/c1-4-13-23-19-8-6-5-7-18(19)22(26,21(23)25)14-20(24)17-11-9-16(10-12-17)15(2)3/h1,5-12,15,26H,13-14H2,2-3H3. The molecule has 1 aliphatic heterocycles. The molecule has 0 saturated carbocycles. The number of terminal acetylenes is 1. The molecular weight excluding hydrogens is 326 g/mol. The highest BCUT2D eigenvalue weighted by molar-refractivity contribution is 6.11. The summed E-state index contributed by atoms with van der Waals surface area (Å²) in [7, 11) is 0. The average molecular weight is 347 g/mol. The Kier molecular flexibility index (Phi) is 4.67. The van der Waals surface area contributed by atoms with Crippen LogP contribution in [0.15, 0.2) is 48.5 Å². The van der Waals surface area contributed by atoms with Crippen molar-refractivity contribution >= 4 is 17.4 Å². The normalized spacial score (nSPS) is 18.7. The van der Waals surface area contributed by atoms with Crippen LogP contribution in [0.5, 0.6) is 0 Å². The zero-order valence-corrected chi connectivity index (χ0v) is 14.9. The molecule has 1 atom stereocenters. The van der Waals surface area contributed by atoms with E-state index in [2.05, 4.69) is 19.8 Å². The van der Waals surface area contributed by atoms with Crippen molar-refractivity contribution in [2.45, 2.75) is 31.8 Å². The van der Waals surface area contributed by atoms with Gasteiger partial charge in [-0.15, -0.1) is 6.42 Å². The smallest absolute Gasteiger partial charge is 0.265 e. The molecule has 1 heterocycles. The van der Waals surface area contributed by atoms with Crippen LogP contribution in [0, 0.1) is 12.3 Å². The van der Waals surface area contributed by atoms with E-state index in [0.717, 1.165) is 5.56 Å². The van der Waals surface area contributed by atoms with Gasteiger partial charge < -0.3 is 5.11 Å². The molecule has 26 heavy (non-hydrogen) atoms. The lowest BCUT2D eigenvalue weighted by molar-refractivity contribution is -0.135. The number of rotatable bonds is 5. The van der Waals surface area contributed by atoms with Crippen LogP contribution in [0.25, 0.3) is 0 Å². The highest BCUT2D eigenvalue weighted by Gasteiger charge is 2.50. The van der Waals surface area contributed by atoms with Crippen molar-refractivity contribution in [3.05, 3.63) is 65.2 Å². The Hall–Kier alpha value is -2.90. The first kappa shape index (κ1) is 17.9. The lowest BCUT2D eigenvalue weighted by Crippen LogP contribution is -2.42. The first-order valence-corrected chi connectivity index (χ1v) is 8.59. The van der Waals surface area contributed by atoms with Crippen molar-refractivity contribution in [1.29, 1.82) is 0 Å². The summed E-state index contributed by atoms with van der Waals surface area (Å²) in [5.41, 5.74) is 0.695. The molecule has 1 unspecified atom stereocenters. The van der Waals surface area contributed by atoms with E-state index in [-0.39, 0.29) is 18.7 Å². The Morgan fingerprint density at radius 3 is 2.46 bits per heavy atom. The van der Waals surface area contributed by atoms with Gasteiger partial charge in [0.05, 0.1) is 18.7 Å². The highest BCUT2D eigenvalue weighted by atomic mass is 16.3. The monoisotopic (exact) mass is 347 g/mol. The number of carbonyl (C=O) groups is 2. The highest BCUT2D eigenvalue weighted by Crippen LogP contribution is 2.42. The van der Waals surface area contributed by atoms with Crippen molar-refractivity contribution in [2.75, 3.05) is 11.4 Å². The predicted octanol–water partition coefficient (Wildman–Crippen LogP) is 3.25. The van der Waals surface area contributed by atoms with Crippen LogP contribution in [-0.4, -0.2) is 23.3 Å². The summed E-state index contributed by atoms with van der Waals surface area (Å²) < 4.78 is 0. The van der Waals surface area contributed by atoms with Gasteiger partial charge in [-0.3, -0.25) is 14.5 Å². The molecule has 0 saturated heterocycles. The number of hydrogen-bond donors (Lipinski definition) is 1. The van der Waals surface area contributed by atoms with E-state index in [4.69, 9.17) is 6.42 Å².